The Hall–Kier alpha value is -0.590. The van der Waals surface area contributed by atoms with Gasteiger partial charge in [0.2, 0.25) is 10.0 Å². The van der Waals surface area contributed by atoms with Crippen LogP contribution in [0.5, 0.6) is 0 Å². The van der Waals surface area contributed by atoms with E-state index >= 15 is 0 Å². The molecule has 0 saturated heterocycles. The minimum atomic E-state index is -3.61. The summed E-state index contributed by atoms with van der Waals surface area (Å²) in [5.41, 5.74) is 0.360. The molecule has 0 spiro atoms. The van der Waals surface area contributed by atoms with Gasteiger partial charge in [-0.15, -0.1) is 11.6 Å². The number of nitrogens with zero attached hydrogens (tertiary/aromatic N) is 1. The third-order valence-corrected chi connectivity index (χ3v) is 5.44. The fourth-order valence-corrected chi connectivity index (χ4v) is 4.00. The molecule has 0 bridgehead atoms. The van der Waals surface area contributed by atoms with Gasteiger partial charge in [-0.25, -0.2) is 13.1 Å². The highest BCUT2D eigenvalue weighted by atomic mass is 35.5. The SMILES string of the molecule is CCC(CC)C(Cl)CNS(=O)(=O)c1c(C)noc1C. The fraction of sp³-hybridized carbons (Fsp3) is 0.750. The smallest absolute Gasteiger partial charge is 0.246 e. The second-order valence-electron chi connectivity index (χ2n) is 4.60. The summed E-state index contributed by atoms with van der Waals surface area (Å²) < 4.78 is 31.7. The highest BCUT2D eigenvalue weighted by molar-refractivity contribution is 7.89. The maximum atomic E-state index is 12.2. The molecule has 1 atom stereocenters. The molecule has 0 aliphatic carbocycles. The second-order valence-corrected chi connectivity index (χ2v) is 6.86. The lowest BCUT2D eigenvalue weighted by Crippen LogP contribution is -2.33. The topological polar surface area (TPSA) is 72.2 Å². The Kier molecular flexibility index (Phi) is 5.82. The van der Waals surface area contributed by atoms with Crippen molar-refractivity contribution in [3.63, 3.8) is 0 Å². The van der Waals surface area contributed by atoms with Crippen LogP contribution < -0.4 is 4.72 Å². The van der Waals surface area contributed by atoms with Crippen LogP contribution in [0.1, 0.15) is 38.1 Å². The Morgan fingerprint density at radius 2 is 1.89 bits per heavy atom. The first-order valence-corrected chi connectivity index (χ1v) is 8.32. The van der Waals surface area contributed by atoms with E-state index in [0.29, 0.717) is 17.4 Å². The number of nitrogens with one attached hydrogen (secondary N) is 1. The van der Waals surface area contributed by atoms with Crippen LogP contribution in [0.2, 0.25) is 0 Å². The van der Waals surface area contributed by atoms with Crippen molar-refractivity contribution in [3.8, 4) is 0 Å². The van der Waals surface area contributed by atoms with Crippen LogP contribution in [0.25, 0.3) is 0 Å². The maximum absolute atomic E-state index is 12.2. The molecule has 1 N–H and O–H groups in total. The summed E-state index contributed by atoms with van der Waals surface area (Å²) in [7, 11) is -3.61. The van der Waals surface area contributed by atoms with Crippen LogP contribution in [0.4, 0.5) is 0 Å². The molecule has 5 nitrogen and oxygen atoms in total. The standard InChI is InChI=1S/C12H21ClN2O3S/c1-5-10(6-2)11(13)7-14-19(16,17)12-8(3)15-18-9(12)4/h10-11,14H,5-7H2,1-4H3. The van der Waals surface area contributed by atoms with Crippen molar-refractivity contribution < 1.29 is 12.9 Å². The quantitative estimate of drug-likeness (QED) is 0.786. The van der Waals surface area contributed by atoms with Gasteiger partial charge in [0.1, 0.15) is 10.6 Å². The largest absolute Gasteiger partial charge is 0.360 e. The third-order valence-electron chi connectivity index (χ3n) is 3.27. The molecule has 1 aromatic heterocycles. The van der Waals surface area contributed by atoms with Crippen LogP contribution in [0.15, 0.2) is 9.42 Å². The molecule has 19 heavy (non-hydrogen) atoms. The van der Waals surface area contributed by atoms with Crippen molar-refractivity contribution in [1.29, 1.82) is 0 Å². The highest BCUT2D eigenvalue weighted by Gasteiger charge is 2.25. The molecule has 0 saturated carbocycles. The number of hydrogen-bond acceptors (Lipinski definition) is 4. The van der Waals surface area contributed by atoms with Gasteiger partial charge in [0.05, 0.1) is 0 Å². The molecule has 0 aliphatic heterocycles. The highest BCUT2D eigenvalue weighted by Crippen LogP contribution is 2.21. The van der Waals surface area contributed by atoms with Gasteiger partial charge in [0, 0.05) is 11.9 Å². The number of halogens is 1. The van der Waals surface area contributed by atoms with E-state index in [1.807, 2.05) is 13.8 Å². The predicted molar refractivity (Wildman–Crippen MR) is 74.9 cm³/mol. The van der Waals surface area contributed by atoms with Gasteiger partial charge < -0.3 is 4.52 Å². The molecule has 0 amide bonds. The van der Waals surface area contributed by atoms with E-state index in [1.165, 1.54) is 0 Å². The summed E-state index contributed by atoms with van der Waals surface area (Å²) in [6, 6.07) is 0. The summed E-state index contributed by atoms with van der Waals surface area (Å²) in [6.07, 6.45) is 1.86. The van der Waals surface area contributed by atoms with Gasteiger partial charge in [0.15, 0.2) is 5.76 Å². The van der Waals surface area contributed by atoms with Crippen molar-refractivity contribution >= 4 is 21.6 Å². The van der Waals surface area contributed by atoms with Crippen LogP contribution in [-0.2, 0) is 10.0 Å². The minimum Gasteiger partial charge on any atom is -0.360 e. The summed E-state index contributed by atoms with van der Waals surface area (Å²) in [6.45, 7) is 7.48. The van der Waals surface area contributed by atoms with E-state index in [2.05, 4.69) is 9.88 Å². The molecule has 7 heteroatoms. The Morgan fingerprint density at radius 3 is 2.32 bits per heavy atom. The van der Waals surface area contributed by atoms with E-state index in [1.54, 1.807) is 13.8 Å². The fourth-order valence-electron chi connectivity index (χ4n) is 2.09. The van der Waals surface area contributed by atoms with Crippen molar-refractivity contribution in [2.45, 2.75) is 50.8 Å². The number of sulfonamides is 1. The average molecular weight is 309 g/mol. The van der Waals surface area contributed by atoms with Gasteiger partial charge >= 0.3 is 0 Å². The van der Waals surface area contributed by atoms with Gasteiger partial charge in [-0.3, -0.25) is 0 Å². The van der Waals surface area contributed by atoms with Gasteiger partial charge in [-0.2, -0.15) is 0 Å². The van der Waals surface area contributed by atoms with E-state index < -0.39 is 10.0 Å². The summed E-state index contributed by atoms with van der Waals surface area (Å²) in [5, 5.41) is 3.43. The first-order valence-electron chi connectivity index (χ1n) is 6.40. The zero-order valence-corrected chi connectivity index (χ0v) is 13.3. The van der Waals surface area contributed by atoms with Crippen molar-refractivity contribution in [1.82, 2.24) is 9.88 Å². The molecule has 1 rings (SSSR count). The number of alkyl halides is 1. The van der Waals surface area contributed by atoms with Crippen LogP contribution in [0, 0.1) is 19.8 Å². The van der Waals surface area contributed by atoms with Crippen molar-refractivity contribution in [2.24, 2.45) is 5.92 Å². The molecule has 1 unspecified atom stereocenters. The molecule has 1 heterocycles. The first kappa shape index (κ1) is 16.5. The zero-order valence-electron chi connectivity index (χ0n) is 11.7. The summed E-state index contributed by atoms with van der Waals surface area (Å²) >= 11 is 6.23. The van der Waals surface area contributed by atoms with Crippen LogP contribution in [0.3, 0.4) is 0 Å². The number of hydrogen-bond donors (Lipinski definition) is 1. The van der Waals surface area contributed by atoms with E-state index in [0.717, 1.165) is 12.8 Å². The predicted octanol–water partition coefficient (Wildman–Crippen LogP) is 2.61. The number of aromatic nitrogens is 1. The Labute approximate surface area is 119 Å². The third kappa shape index (κ3) is 3.94. The van der Waals surface area contributed by atoms with Crippen molar-refractivity contribution in [3.05, 3.63) is 11.5 Å². The van der Waals surface area contributed by atoms with Gasteiger partial charge in [0.25, 0.3) is 0 Å². The monoisotopic (exact) mass is 308 g/mol. The average Bonchev–Trinajstić information content (AvgIpc) is 2.69. The van der Waals surface area contributed by atoms with E-state index in [-0.39, 0.29) is 16.8 Å². The van der Waals surface area contributed by atoms with E-state index in [9.17, 15) is 8.42 Å². The van der Waals surface area contributed by atoms with Gasteiger partial charge in [-0.05, 0) is 19.8 Å². The lowest BCUT2D eigenvalue weighted by atomic mass is 9.99. The molecule has 0 fully saturated rings. The first-order chi connectivity index (χ1) is 8.83. The summed E-state index contributed by atoms with van der Waals surface area (Å²) in [4.78, 5) is 0.112. The Balaban J connectivity index is 2.77. The lowest BCUT2D eigenvalue weighted by Gasteiger charge is -2.19. The van der Waals surface area contributed by atoms with Gasteiger partial charge in [-0.1, -0.05) is 31.8 Å². The minimum absolute atomic E-state index is 0.112. The Bertz CT molecular complexity index is 490. The van der Waals surface area contributed by atoms with Crippen molar-refractivity contribution in [2.75, 3.05) is 6.54 Å². The maximum Gasteiger partial charge on any atom is 0.246 e. The molecule has 1 aromatic rings. The molecule has 0 radical (unpaired) electrons. The Morgan fingerprint density at radius 1 is 1.32 bits per heavy atom. The molecule has 0 aliphatic rings. The number of rotatable bonds is 7. The normalized spacial score (nSPS) is 14.0. The van der Waals surface area contributed by atoms with Crippen LogP contribution in [-0.4, -0.2) is 25.5 Å². The van der Waals surface area contributed by atoms with E-state index in [4.69, 9.17) is 16.1 Å². The molecule has 0 aromatic carbocycles. The molecular formula is C12H21ClN2O3S. The second kappa shape index (κ2) is 6.72. The van der Waals surface area contributed by atoms with Crippen LogP contribution >= 0.6 is 11.6 Å². The number of aryl methyl sites for hydroxylation is 2. The zero-order chi connectivity index (χ0) is 14.6. The summed E-state index contributed by atoms with van der Waals surface area (Å²) in [5.74, 6) is 0.590. The lowest BCUT2D eigenvalue weighted by molar-refractivity contribution is 0.390. The molecule has 110 valence electrons. The molecular weight excluding hydrogens is 288 g/mol.